The zero-order chi connectivity index (χ0) is 12.8. The molecule has 0 saturated carbocycles. The Morgan fingerprint density at radius 3 is 3.00 bits per heavy atom. The largest absolute Gasteiger partial charge is 0.466 e. The lowest BCUT2D eigenvalue weighted by Gasteiger charge is -2.10. The summed E-state index contributed by atoms with van der Waals surface area (Å²) in [5, 5.41) is 3.06. The van der Waals surface area contributed by atoms with Gasteiger partial charge in [0, 0.05) is 6.54 Å². The summed E-state index contributed by atoms with van der Waals surface area (Å²) in [5.41, 5.74) is 7.27. The molecule has 0 aliphatic rings. The number of hydrogen-bond donors (Lipinski definition) is 2. The van der Waals surface area contributed by atoms with E-state index in [0.717, 1.165) is 10.0 Å². The number of pyridine rings is 1. The molecule has 0 aromatic carbocycles. The summed E-state index contributed by atoms with van der Waals surface area (Å²) in [6.07, 6.45) is 1.90. The predicted octanol–water partition coefficient (Wildman–Crippen LogP) is 2.10. The molecule has 0 unspecified atom stereocenters. The second-order valence-electron chi connectivity index (χ2n) is 3.48. The fraction of sp³-hybridized carbons (Fsp3) is 0.455. The topological polar surface area (TPSA) is 77.2 Å². The summed E-state index contributed by atoms with van der Waals surface area (Å²) in [7, 11) is 0. The van der Waals surface area contributed by atoms with Gasteiger partial charge in [0.25, 0.3) is 0 Å². The number of nitrogens with one attached hydrogen (secondary N) is 1. The molecule has 5 nitrogen and oxygen atoms in total. The lowest BCUT2D eigenvalue weighted by atomic mass is 10.2. The molecule has 94 valence electrons. The Labute approximate surface area is 109 Å². The van der Waals surface area contributed by atoms with E-state index in [1.54, 1.807) is 13.1 Å². The molecule has 0 radical (unpaired) electrons. The van der Waals surface area contributed by atoms with E-state index in [-0.39, 0.29) is 5.97 Å². The number of halogens is 1. The van der Waals surface area contributed by atoms with E-state index in [0.29, 0.717) is 31.1 Å². The molecule has 0 aliphatic heterocycles. The molecule has 1 aromatic rings. The Kier molecular flexibility index (Phi) is 5.21. The van der Waals surface area contributed by atoms with Crippen LogP contribution in [0.15, 0.2) is 10.7 Å². The quantitative estimate of drug-likeness (QED) is 0.815. The fourth-order valence-electron chi connectivity index (χ4n) is 1.23. The molecule has 0 fully saturated rings. The van der Waals surface area contributed by atoms with Gasteiger partial charge in [-0.2, -0.15) is 0 Å². The monoisotopic (exact) mass is 301 g/mol. The zero-order valence-electron chi connectivity index (χ0n) is 9.92. The number of nitrogens with two attached hydrogens (primary N) is 1. The Balaban J connectivity index is 2.53. The van der Waals surface area contributed by atoms with Crippen LogP contribution in [0.2, 0.25) is 0 Å². The van der Waals surface area contributed by atoms with Crippen LogP contribution in [0.3, 0.4) is 0 Å². The van der Waals surface area contributed by atoms with Crippen molar-refractivity contribution in [2.75, 3.05) is 24.2 Å². The maximum atomic E-state index is 11.1. The van der Waals surface area contributed by atoms with Crippen LogP contribution in [0, 0.1) is 6.92 Å². The van der Waals surface area contributed by atoms with Crippen molar-refractivity contribution in [3.8, 4) is 0 Å². The van der Waals surface area contributed by atoms with Crippen LogP contribution in [0.5, 0.6) is 0 Å². The van der Waals surface area contributed by atoms with Gasteiger partial charge in [0.1, 0.15) is 5.82 Å². The number of nitrogens with zero attached hydrogens (tertiary/aromatic N) is 1. The number of carbonyl (C=O) groups excluding carboxylic acids is 1. The molecule has 17 heavy (non-hydrogen) atoms. The standard InChI is InChI=1S/C11H16BrN3O2/c1-3-17-9(16)4-5-14-11-10(12)7(2)8(13)6-15-11/h6H,3-5,13H2,1-2H3,(H,14,15). The van der Waals surface area contributed by atoms with Gasteiger partial charge in [0.05, 0.1) is 29.4 Å². The van der Waals surface area contributed by atoms with Gasteiger partial charge in [-0.3, -0.25) is 4.79 Å². The van der Waals surface area contributed by atoms with Crippen molar-refractivity contribution in [3.63, 3.8) is 0 Å². The third-order valence-corrected chi connectivity index (χ3v) is 3.20. The minimum absolute atomic E-state index is 0.219. The lowest BCUT2D eigenvalue weighted by molar-refractivity contribution is -0.142. The molecule has 0 atom stereocenters. The van der Waals surface area contributed by atoms with Crippen LogP contribution >= 0.6 is 15.9 Å². The van der Waals surface area contributed by atoms with Crippen molar-refractivity contribution in [1.82, 2.24) is 4.98 Å². The SMILES string of the molecule is CCOC(=O)CCNc1ncc(N)c(C)c1Br. The van der Waals surface area contributed by atoms with Gasteiger partial charge < -0.3 is 15.8 Å². The second kappa shape index (κ2) is 6.44. The van der Waals surface area contributed by atoms with Crippen LogP contribution in [-0.2, 0) is 9.53 Å². The molecule has 6 heteroatoms. The number of nitrogen functional groups attached to an aromatic ring is 1. The molecule has 0 spiro atoms. The highest BCUT2D eigenvalue weighted by atomic mass is 79.9. The van der Waals surface area contributed by atoms with E-state index in [1.807, 2.05) is 6.92 Å². The number of hydrogen-bond acceptors (Lipinski definition) is 5. The van der Waals surface area contributed by atoms with Crippen LogP contribution in [0.4, 0.5) is 11.5 Å². The summed E-state index contributed by atoms with van der Waals surface area (Å²) in [6.45, 7) is 4.57. The van der Waals surface area contributed by atoms with Crippen LogP contribution in [0.25, 0.3) is 0 Å². The van der Waals surface area contributed by atoms with Crippen molar-refractivity contribution in [2.45, 2.75) is 20.3 Å². The summed E-state index contributed by atoms with van der Waals surface area (Å²) in [4.78, 5) is 15.3. The maximum absolute atomic E-state index is 11.1. The number of aromatic nitrogens is 1. The first-order chi connectivity index (χ1) is 8.06. The smallest absolute Gasteiger partial charge is 0.307 e. The molecule has 0 aliphatic carbocycles. The Hall–Kier alpha value is -1.30. The number of ether oxygens (including phenoxy) is 1. The van der Waals surface area contributed by atoms with Gasteiger partial charge in [-0.05, 0) is 35.3 Å². The van der Waals surface area contributed by atoms with Crippen molar-refractivity contribution < 1.29 is 9.53 Å². The summed E-state index contributed by atoms with van der Waals surface area (Å²) in [5.74, 6) is 0.462. The zero-order valence-corrected chi connectivity index (χ0v) is 11.5. The highest BCUT2D eigenvalue weighted by Gasteiger charge is 2.08. The van der Waals surface area contributed by atoms with Crippen molar-refractivity contribution in [1.29, 1.82) is 0 Å². The minimum atomic E-state index is -0.219. The highest BCUT2D eigenvalue weighted by Crippen LogP contribution is 2.27. The van der Waals surface area contributed by atoms with E-state index >= 15 is 0 Å². The summed E-state index contributed by atoms with van der Waals surface area (Å²) in [6, 6.07) is 0. The van der Waals surface area contributed by atoms with Gasteiger partial charge in [0.2, 0.25) is 0 Å². The average Bonchev–Trinajstić information content (AvgIpc) is 2.29. The van der Waals surface area contributed by atoms with E-state index in [1.165, 1.54) is 0 Å². The predicted molar refractivity (Wildman–Crippen MR) is 70.8 cm³/mol. The first-order valence-corrected chi connectivity index (χ1v) is 6.15. The summed E-state index contributed by atoms with van der Waals surface area (Å²) < 4.78 is 5.64. The molecule has 1 heterocycles. The molecule has 0 saturated heterocycles. The van der Waals surface area contributed by atoms with E-state index < -0.39 is 0 Å². The highest BCUT2D eigenvalue weighted by molar-refractivity contribution is 9.10. The maximum Gasteiger partial charge on any atom is 0.307 e. The molecule has 0 amide bonds. The first kappa shape index (κ1) is 13.8. The van der Waals surface area contributed by atoms with Gasteiger partial charge in [-0.25, -0.2) is 4.98 Å². The Bertz CT molecular complexity index is 410. The van der Waals surface area contributed by atoms with Crippen molar-refractivity contribution >= 4 is 33.4 Å². The molecule has 1 aromatic heterocycles. The number of rotatable bonds is 5. The molecule has 0 bridgehead atoms. The Morgan fingerprint density at radius 2 is 2.35 bits per heavy atom. The van der Waals surface area contributed by atoms with Gasteiger partial charge in [-0.1, -0.05) is 0 Å². The second-order valence-corrected chi connectivity index (χ2v) is 4.28. The van der Waals surface area contributed by atoms with Gasteiger partial charge >= 0.3 is 5.97 Å². The van der Waals surface area contributed by atoms with E-state index in [9.17, 15) is 4.79 Å². The van der Waals surface area contributed by atoms with Crippen LogP contribution in [0.1, 0.15) is 18.9 Å². The third-order valence-electron chi connectivity index (χ3n) is 2.23. The third kappa shape index (κ3) is 3.89. The van der Waals surface area contributed by atoms with Crippen LogP contribution < -0.4 is 11.1 Å². The van der Waals surface area contributed by atoms with Gasteiger partial charge in [-0.15, -0.1) is 0 Å². The molecule has 1 rings (SSSR count). The van der Waals surface area contributed by atoms with Crippen molar-refractivity contribution in [3.05, 3.63) is 16.2 Å². The molecular formula is C11H16BrN3O2. The molecule has 3 N–H and O–H groups in total. The number of anilines is 2. The molecular weight excluding hydrogens is 286 g/mol. The summed E-state index contributed by atoms with van der Waals surface area (Å²) >= 11 is 3.41. The van der Waals surface area contributed by atoms with E-state index in [4.69, 9.17) is 10.5 Å². The van der Waals surface area contributed by atoms with Crippen LogP contribution in [-0.4, -0.2) is 24.1 Å². The minimum Gasteiger partial charge on any atom is -0.466 e. The lowest BCUT2D eigenvalue weighted by Crippen LogP contribution is -2.12. The van der Waals surface area contributed by atoms with E-state index in [2.05, 4.69) is 26.2 Å². The average molecular weight is 302 g/mol. The Morgan fingerprint density at radius 1 is 1.65 bits per heavy atom. The fourth-order valence-corrected chi connectivity index (χ4v) is 1.70. The first-order valence-electron chi connectivity index (χ1n) is 5.36. The van der Waals surface area contributed by atoms with Crippen molar-refractivity contribution in [2.24, 2.45) is 0 Å². The van der Waals surface area contributed by atoms with Gasteiger partial charge in [0.15, 0.2) is 0 Å². The number of esters is 1. The normalized spacial score (nSPS) is 10.1. The number of carbonyl (C=O) groups is 1.